The molecular formula is C13H21N5S. The second kappa shape index (κ2) is 5.54. The molecule has 2 saturated heterocycles. The van der Waals surface area contributed by atoms with Gasteiger partial charge in [-0.25, -0.2) is 9.97 Å². The van der Waals surface area contributed by atoms with Gasteiger partial charge in [-0.05, 0) is 25.6 Å². The molecule has 5 nitrogen and oxygen atoms in total. The fourth-order valence-corrected chi connectivity index (χ4v) is 3.43. The molecule has 19 heavy (non-hydrogen) atoms. The van der Waals surface area contributed by atoms with E-state index in [1.54, 1.807) is 11.8 Å². The van der Waals surface area contributed by atoms with E-state index in [4.69, 9.17) is 5.73 Å². The van der Waals surface area contributed by atoms with Gasteiger partial charge in [0, 0.05) is 31.7 Å². The number of rotatable bonds is 2. The van der Waals surface area contributed by atoms with Gasteiger partial charge in [-0.15, -0.1) is 0 Å². The molecule has 0 bridgehead atoms. The van der Waals surface area contributed by atoms with E-state index in [1.165, 1.54) is 25.8 Å². The van der Waals surface area contributed by atoms with E-state index < -0.39 is 0 Å². The van der Waals surface area contributed by atoms with Crippen molar-refractivity contribution >= 4 is 23.4 Å². The maximum Gasteiger partial charge on any atom is 0.191 e. The summed E-state index contributed by atoms with van der Waals surface area (Å²) in [5.74, 6) is 1.56. The summed E-state index contributed by atoms with van der Waals surface area (Å²) in [5, 5.41) is 0.765. The minimum Gasteiger partial charge on any atom is -0.383 e. The Bertz CT molecular complexity index is 453. The summed E-state index contributed by atoms with van der Waals surface area (Å²) in [6.45, 7) is 4.52. The average Bonchev–Trinajstić information content (AvgIpc) is 2.46. The summed E-state index contributed by atoms with van der Waals surface area (Å²) in [7, 11) is 0. The van der Waals surface area contributed by atoms with E-state index in [2.05, 4.69) is 19.8 Å². The fraction of sp³-hybridized carbons (Fsp3) is 0.692. The summed E-state index contributed by atoms with van der Waals surface area (Å²) < 4.78 is 0. The Hall–Kier alpha value is -1.01. The normalized spacial score (nSPS) is 24.3. The minimum absolute atomic E-state index is 0.570. The van der Waals surface area contributed by atoms with Gasteiger partial charge < -0.3 is 10.6 Å². The standard InChI is InChI=1S/C13H21N5S/c1-19-13-15-11(14)8-12(16-13)18-7-6-17-5-3-2-4-10(17)9-18/h8,10H,2-7,9H2,1H3,(H2,14,15,16). The number of nitrogens with zero attached hydrogens (tertiary/aromatic N) is 4. The largest absolute Gasteiger partial charge is 0.383 e. The molecule has 3 heterocycles. The third-order valence-corrected chi connectivity index (χ3v) is 4.60. The number of fused-ring (bicyclic) bond motifs is 1. The third-order valence-electron chi connectivity index (χ3n) is 4.06. The van der Waals surface area contributed by atoms with Crippen LogP contribution in [0.1, 0.15) is 19.3 Å². The van der Waals surface area contributed by atoms with Crippen LogP contribution >= 0.6 is 11.8 Å². The first kappa shape index (κ1) is 13.0. The number of hydrogen-bond acceptors (Lipinski definition) is 6. The van der Waals surface area contributed by atoms with Crippen LogP contribution in [0.2, 0.25) is 0 Å². The molecule has 2 aliphatic heterocycles. The first-order valence-electron chi connectivity index (χ1n) is 6.94. The lowest BCUT2D eigenvalue weighted by Gasteiger charge is -2.44. The lowest BCUT2D eigenvalue weighted by molar-refractivity contribution is 0.133. The van der Waals surface area contributed by atoms with Gasteiger partial charge in [0.25, 0.3) is 0 Å². The monoisotopic (exact) mass is 279 g/mol. The SMILES string of the molecule is CSc1nc(N)cc(N2CCN3CCCCC3C2)n1. The van der Waals surface area contributed by atoms with Crippen molar-refractivity contribution in [1.29, 1.82) is 0 Å². The van der Waals surface area contributed by atoms with Gasteiger partial charge in [0.05, 0.1) is 0 Å². The lowest BCUT2D eigenvalue weighted by atomic mass is 9.99. The molecule has 0 radical (unpaired) electrons. The Morgan fingerprint density at radius 3 is 3.00 bits per heavy atom. The predicted molar refractivity (Wildman–Crippen MR) is 79.7 cm³/mol. The zero-order valence-electron chi connectivity index (χ0n) is 11.4. The van der Waals surface area contributed by atoms with Crippen molar-refractivity contribution in [2.24, 2.45) is 0 Å². The summed E-state index contributed by atoms with van der Waals surface area (Å²) >= 11 is 1.54. The Morgan fingerprint density at radius 2 is 2.16 bits per heavy atom. The second-order valence-corrected chi connectivity index (χ2v) is 6.04. The fourth-order valence-electron chi connectivity index (χ4n) is 3.05. The Labute approximate surface area is 118 Å². The van der Waals surface area contributed by atoms with Crippen molar-refractivity contribution in [2.45, 2.75) is 30.5 Å². The maximum absolute atomic E-state index is 5.87. The Balaban J connectivity index is 1.77. The number of anilines is 2. The topological polar surface area (TPSA) is 58.3 Å². The van der Waals surface area contributed by atoms with E-state index in [0.29, 0.717) is 11.9 Å². The molecule has 0 saturated carbocycles. The number of nitrogens with two attached hydrogens (primary N) is 1. The first-order chi connectivity index (χ1) is 9.26. The van der Waals surface area contributed by atoms with Crippen LogP contribution in [-0.2, 0) is 0 Å². The zero-order valence-corrected chi connectivity index (χ0v) is 12.2. The van der Waals surface area contributed by atoms with Crippen molar-refractivity contribution in [1.82, 2.24) is 14.9 Å². The van der Waals surface area contributed by atoms with E-state index >= 15 is 0 Å². The number of aromatic nitrogens is 2. The van der Waals surface area contributed by atoms with Crippen LogP contribution in [0.25, 0.3) is 0 Å². The van der Waals surface area contributed by atoms with Gasteiger partial charge in [0.2, 0.25) is 0 Å². The molecule has 1 atom stereocenters. The van der Waals surface area contributed by atoms with Crippen LogP contribution in [-0.4, -0.2) is 53.3 Å². The maximum atomic E-state index is 5.87. The molecule has 1 aromatic heterocycles. The number of piperazine rings is 1. The van der Waals surface area contributed by atoms with Crippen LogP contribution in [0.15, 0.2) is 11.2 Å². The van der Waals surface area contributed by atoms with E-state index in [-0.39, 0.29) is 0 Å². The molecule has 6 heteroatoms. The highest BCUT2D eigenvalue weighted by molar-refractivity contribution is 7.98. The Morgan fingerprint density at radius 1 is 1.26 bits per heavy atom. The molecule has 0 amide bonds. The number of piperidine rings is 1. The van der Waals surface area contributed by atoms with Crippen LogP contribution in [0.3, 0.4) is 0 Å². The highest BCUT2D eigenvalue weighted by Crippen LogP contribution is 2.25. The highest BCUT2D eigenvalue weighted by atomic mass is 32.2. The van der Waals surface area contributed by atoms with Crippen molar-refractivity contribution < 1.29 is 0 Å². The molecular weight excluding hydrogens is 258 g/mol. The summed E-state index contributed by atoms with van der Waals surface area (Å²) in [5.41, 5.74) is 5.87. The molecule has 3 rings (SSSR count). The van der Waals surface area contributed by atoms with Gasteiger partial charge in [-0.1, -0.05) is 18.2 Å². The average molecular weight is 279 g/mol. The van der Waals surface area contributed by atoms with Crippen molar-refractivity contribution in [2.75, 3.05) is 43.1 Å². The highest BCUT2D eigenvalue weighted by Gasteiger charge is 2.29. The van der Waals surface area contributed by atoms with E-state index in [0.717, 1.165) is 30.6 Å². The molecule has 0 aromatic carbocycles. The van der Waals surface area contributed by atoms with Gasteiger partial charge in [-0.3, -0.25) is 4.90 Å². The van der Waals surface area contributed by atoms with Crippen LogP contribution in [0.4, 0.5) is 11.6 Å². The third kappa shape index (κ3) is 2.79. The van der Waals surface area contributed by atoms with Crippen LogP contribution < -0.4 is 10.6 Å². The quantitative estimate of drug-likeness (QED) is 0.653. The molecule has 104 valence electrons. The molecule has 2 fully saturated rings. The van der Waals surface area contributed by atoms with Crippen molar-refractivity contribution in [3.8, 4) is 0 Å². The number of thioether (sulfide) groups is 1. The summed E-state index contributed by atoms with van der Waals surface area (Å²) in [4.78, 5) is 13.8. The molecule has 0 aliphatic carbocycles. The van der Waals surface area contributed by atoms with Crippen LogP contribution in [0, 0.1) is 0 Å². The van der Waals surface area contributed by atoms with Gasteiger partial charge in [0.15, 0.2) is 5.16 Å². The lowest BCUT2D eigenvalue weighted by Crippen LogP contribution is -2.55. The van der Waals surface area contributed by atoms with E-state index in [1.807, 2.05) is 12.3 Å². The van der Waals surface area contributed by atoms with Crippen molar-refractivity contribution in [3.63, 3.8) is 0 Å². The minimum atomic E-state index is 0.570. The number of hydrogen-bond donors (Lipinski definition) is 1. The molecule has 0 spiro atoms. The second-order valence-electron chi connectivity index (χ2n) is 5.27. The smallest absolute Gasteiger partial charge is 0.191 e. The molecule has 1 aromatic rings. The van der Waals surface area contributed by atoms with Crippen LogP contribution in [0.5, 0.6) is 0 Å². The zero-order chi connectivity index (χ0) is 13.2. The van der Waals surface area contributed by atoms with E-state index in [9.17, 15) is 0 Å². The predicted octanol–water partition coefficient (Wildman–Crippen LogP) is 1.46. The van der Waals surface area contributed by atoms with Gasteiger partial charge in [-0.2, -0.15) is 0 Å². The molecule has 1 unspecified atom stereocenters. The molecule has 2 N–H and O–H groups in total. The Kier molecular flexibility index (Phi) is 3.79. The van der Waals surface area contributed by atoms with Crippen molar-refractivity contribution in [3.05, 3.63) is 6.07 Å². The molecule has 2 aliphatic rings. The number of nitrogen functional groups attached to an aromatic ring is 1. The first-order valence-corrected chi connectivity index (χ1v) is 8.16. The summed E-state index contributed by atoms with van der Waals surface area (Å²) in [6.07, 6.45) is 6.01. The summed E-state index contributed by atoms with van der Waals surface area (Å²) in [6, 6.07) is 2.59. The van der Waals surface area contributed by atoms with Gasteiger partial charge >= 0.3 is 0 Å². The van der Waals surface area contributed by atoms with Gasteiger partial charge in [0.1, 0.15) is 11.6 Å².